The Balaban J connectivity index is 1.28. The molecule has 4 heterocycles. The van der Waals surface area contributed by atoms with Gasteiger partial charge in [-0.3, -0.25) is 4.90 Å². The van der Waals surface area contributed by atoms with Gasteiger partial charge in [-0.05, 0) is 71.1 Å². The number of nitrogens with zero attached hydrogens (tertiary/aromatic N) is 2. The highest BCUT2D eigenvalue weighted by atomic mass is 16.5. The van der Waals surface area contributed by atoms with Crippen LogP contribution in [0, 0.1) is 0 Å². The van der Waals surface area contributed by atoms with E-state index < -0.39 is 0 Å². The van der Waals surface area contributed by atoms with E-state index in [1.54, 1.807) is 0 Å². The Hall–Kier alpha value is -0.160. The maximum Gasteiger partial charge on any atom is 0.0723 e. The molecule has 0 unspecified atom stereocenters. The van der Waals surface area contributed by atoms with Crippen molar-refractivity contribution >= 4 is 0 Å². The Kier molecular flexibility index (Phi) is 4.23. The molecule has 0 aromatic heterocycles. The molecule has 4 saturated heterocycles. The molecule has 0 aromatic rings. The third-order valence-electron chi connectivity index (χ3n) is 6.38. The number of ether oxygens (including phenoxy) is 1. The van der Waals surface area contributed by atoms with Gasteiger partial charge in [0, 0.05) is 25.2 Å². The quantitative estimate of drug-likeness (QED) is 0.834. The molecule has 0 bridgehead atoms. The Morgan fingerprint density at radius 3 is 2.24 bits per heavy atom. The van der Waals surface area contributed by atoms with E-state index in [0.717, 1.165) is 25.7 Å². The number of nitrogens with one attached hydrogen (secondary N) is 1. The topological polar surface area (TPSA) is 27.7 Å². The van der Waals surface area contributed by atoms with Crippen LogP contribution >= 0.6 is 0 Å². The highest BCUT2D eigenvalue weighted by Crippen LogP contribution is 2.37. The number of hydrogen-bond acceptors (Lipinski definition) is 4. The third kappa shape index (κ3) is 3.00. The Morgan fingerprint density at radius 1 is 0.857 bits per heavy atom. The molecule has 0 aliphatic carbocycles. The van der Waals surface area contributed by atoms with Crippen LogP contribution in [0.5, 0.6) is 0 Å². The van der Waals surface area contributed by atoms with Gasteiger partial charge < -0.3 is 15.0 Å². The summed E-state index contributed by atoms with van der Waals surface area (Å²) in [6.45, 7) is 8.57. The fourth-order valence-electron chi connectivity index (χ4n) is 5.01. The summed E-state index contributed by atoms with van der Waals surface area (Å²) in [5.41, 5.74) is 0.224. The van der Waals surface area contributed by atoms with Crippen LogP contribution in [0.25, 0.3) is 0 Å². The molecule has 1 N–H and O–H groups in total. The predicted octanol–water partition coefficient (Wildman–Crippen LogP) is 1.46. The van der Waals surface area contributed by atoms with E-state index in [4.69, 9.17) is 4.74 Å². The number of piperidine rings is 2. The lowest BCUT2D eigenvalue weighted by Gasteiger charge is -2.39. The molecule has 0 aromatic carbocycles. The second-order valence-electron chi connectivity index (χ2n) is 7.61. The maximum absolute atomic E-state index is 6.28. The summed E-state index contributed by atoms with van der Waals surface area (Å²) >= 11 is 0. The summed E-state index contributed by atoms with van der Waals surface area (Å²) in [6, 6.07) is 1.57. The molecule has 0 radical (unpaired) electrons. The summed E-state index contributed by atoms with van der Waals surface area (Å²) in [5, 5.41) is 3.47. The highest BCUT2D eigenvalue weighted by molar-refractivity contribution is 4.97. The molecule has 1 spiro atoms. The van der Waals surface area contributed by atoms with Gasteiger partial charge in [-0.2, -0.15) is 0 Å². The molecule has 4 aliphatic heterocycles. The van der Waals surface area contributed by atoms with Crippen molar-refractivity contribution in [2.24, 2.45) is 0 Å². The zero-order valence-electron chi connectivity index (χ0n) is 13.4. The molecule has 0 saturated carbocycles. The van der Waals surface area contributed by atoms with Crippen molar-refractivity contribution in [3.8, 4) is 0 Å². The SMILES string of the molecule is C1CCN(C2CCN([C@@H]3COC4(CCNCC4)C3)CC2)C1. The zero-order valence-corrected chi connectivity index (χ0v) is 13.4. The average Bonchev–Trinajstić information content (AvgIpc) is 3.19. The van der Waals surface area contributed by atoms with E-state index in [1.165, 1.54) is 71.1 Å². The molecule has 4 nitrogen and oxygen atoms in total. The molecule has 120 valence electrons. The van der Waals surface area contributed by atoms with E-state index in [1.807, 2.05) is 0 Å². The molecule has 4 aliphatic rings. The normalized spacial score (nSPS) is 35.7. The fourth-order valence-corrected chi connectivity index (χ4v) is 5.01. The summed E-state index contributed by atoms with van der Waals surface area (Å²) in [7, 11) is 0. The standard InChI is InChI=1S/C17H31N3O/c1-2-10-19(9-1)15-3-11-20(12-4-15)16-13-17(21-14-16)5-7-18-8-6-17/h15-16,18H,1-14H2/t16-/m0/s1. The number of rotatable bonds is 2. The number of likely N-dealkylation sites (tertiary alicyclic amines) is 2. The molecule has 0 amide bonds. The third-order valence-corrected chi connectivity index (χ3v) is 6.38. The van der Waals surface area contributed by atoms with Crippen LogP contribution < -0.4 is 5.32 Å². The number of hydrogen-bond donors (Lipinski definition) is 1. The van der Waals surface area contributed by atoms with Crippen molar-refractivity contribution in [1.29, 1.82) is 0 Å². The van der Waals surface area contributed by atoms with Crippen LogP contribution in [-0.2, 0) is 4.74 Å². The second kappa shape index (κ2) is 6.15. The first-order valence-electron chi connectivity index (χ1n) is 9.17. The van der Waals surface area contributed by atoms with Crippen LogP contribution in [0.2, 0.25) is 0 Å². The minimum Gasteiger partial charge on any atom is -0.373 e. The van der Waals surface area contributed by atoms with E-state index in [-0.39, 0.29) is 5.60 Å². The first-order valence-corrected chi connectivity index (χ1v) is 9.17. The van der Waals surface area contributed by atoms with Gasteiger partial charge >= 0.3 is 0 Å². The van der Waals surface area contributed by atoms with Crippen molar-refractivity contribution in [3.63, 3.8) is 0 Å². The van der Waals surface area contributed by atoms with Gasteiger partial charge in [0.25, 0.3) is 0 Å². The lowest BCUT2D eigenvalue weighted by Crippen LogP contribution is -2.48. The van der Waals surface area contributed by atoms with E-state index in [2.05, 4.69) is 15.1 Å². The molecule has 4 heteroatoms. The van der Waals surface area contributed by atoms with Crippen LogP contribution in [0.1, 0.15) is 44.9 Å². The van der Waals surface area contributed by atoms with Crippen molar-refractivity contribution in [3.05, 3.63) is 0 Å². The molecule has 21 heavy (non-hydrogen) atoms. The highest BCUT2D eigenvalue weighted by Gasteiger charge is 2.43. The molecule has 1 atom stereocenters. The Labute approximate surface area is 129 Å². The molecular weight excluding hydrogens is 262 g/mol. The molecule has 4 fully saturated rings. The fraction of sp³-hybridized carbons (Fsp3) is 1.00. The van der Waals surface area contributed by atoms with Gasteiger partial charge in [-0.15, -0.1) is 0 Å². The van der Waals surface area contributed by atoms with E-state index in [0.29, 0.717) is 6.04 Å². The van der Waals surface area contributed by atoms with E-state index in [9.17, 15) is 0 Å². The van der Waals surface area contributed by atoms with Crippen LogP contribution in [-0.4, -0.2) is 73.4 Å². The lowest BCUT2D eigenvalue weighted by molar-refractivity contribution is -0.0206. The largest absolute Gasteiger partial charge is 0.373 e. The van der Waals surface area contributed by atoms with Crippen molar-refractivity contribution in [2.75, 3.05) is 45.9 Å². The van der Waals surface area contributed by atoms with Gasteiger partial charge in [-0.25, -0.2) is 0 Å². The van der Waals surface area contributed by atoms with Crippen molar-refractivity contribution < 1.29 is 4.74 Å². The molecular formula is C17H31N3O. The second-order valence-corrected chi connectivity index (χ2v) is 7.61. The molecule has 4 rings (SSSR count). The van der Waals surface area contributed by atoms with Crippen molar-refractivity contribution in [1.82, 2.24) is 15.1 Å². The summed E-state index contributed by atoms with van der Waals surface area (Å²) in [4.78, 5) is 5.49. The zero-order chi connectivity index (χ0) is 14.1. The predicted molar refractivity (Wildman–Crippen MR) is 84.6 cm³/mol. The lowest BCUT2D eigenvalue weighted by atomic mass is 9.87. The summed E-state index contributed by atoms with van der Waals surface area (Å²) in [5.74, 6) is 0. The van der Waals surface area contributed by atoms with Gasteiger partial charge in [-0.1, -0.05) is 0 Å². The van der Waals surface area contributed by atoms with Gasteiger partial charge in [0.05, 0.1) is 12.2 Å². The van der Waals surface area contributed by atoms with Gasteiger partial charge in [0.2, 0.25) is 0 Å². The first kappa shape index (κ1) is 14.4. The van der Waals surface area contributed by atoms with Crippen LogP contribution in [0.3, 0.4) is 0 Å². The smallest absolute Gasteiger partial charge is 0.0723 e. The minimum absolute atomic E-state index is 0.224. The monoisotopic (exact) mass is 293 g/mol. The summed E-state index contributed by atoms with van der Waals surface area (Å²) in [6.07, 6.45) is 9.32. The maximum atomic E-state index is 6.28. The van der Waals surface area contributed by atoms with Crippen molar-refractivity contribution in [2.45, 2.75) is 62.6 Å². The first-order chi connectivity index (χ1) is 10.3. The Bertz CT molecular complexity index is 342. The van der Waals surface area contributed by atoms with Gasteiger partial charge in [0.1, 0.15) is 0 Å². The van der Waals surface area contributed by atoms with Gasteiger partial charge in [0.15, 0.2) is 0 Å². The van der Waals surface area contributed by atoms with E-state index >= 15 is 0 Å². The van der Waals surface area contributed by atoms with Crippen LogP contribution in [0.15, 0.2) is 0 Å². The van der Waals surface area contributed by atoms with Crippen LogP contribution in [0.4, 0.5) is 0 Å². The average molecular weight is 293 g/mol. The Morgan fingerprint density at radius 2 is 1.52 bits per heavy atom. The minimum atomic E-state index is 0.224. The summed E-state index contributed by atoms with van der Waals surface area (Å²) < 4.78 is 6.28.